The van der Waals surface area contributed by atoms with Gasteiger partial charge in [-0.2, -0.15) is 5.10 Å². The molecule has 2 aromatic rings. The van der Waals surface area contributed by atoms with Gasteiger partial charge in [-0.3, -0.25) is 9.89 Å². The van der Waals surface area contributed by atoms with Crippen LogP contribution in [-0.4, -0.2) is 41.7 Å². The highest BCUT2D eigenvalue weighted by Crippen LogP contribution is 2.40. The van der Waals surface area contributed by atoms with Crippen molar-refractivity contribution < 1.29 is 4.79 Å². The Kier molecular flexibility index (Phi) is 6.05. The second-order valence-electron chi connectivity index (χ2n) is 10.5. The van der Waals surface area contributed by atoms with Crippen LogP contribution in [0.2, 0.25) is 0 Å². The topological polar surface area (TPSA) is 60.3 Å². The highest BCUT2D eigenvalue weighted by atomic mass is 16.2. The molecule has 0 unspecified atom stereocenters. The van der Waals surface area contributed by atoms with Crippen LogP contribution < -0.4 is 10.2 Å². The quantitative estimate of drug-likeness (QED) is 0.588. The first-order valence-corrected chi connectivity index (χ1v) is 13.4. The Morgan fingerprint density at radius 3 is 2.46 bits per heavy atom. The third-order valence-electron chi connectivity index (χ3n) is 7.99. The Morgan fingerprint density at radius 2 is 1.77 bits per heavy atom. The zero-order chi connectivity index (χ0) is 23.8. The van der Waals surface area contributed by atoms with E-state index in [0.29, 0.717) is 5.92 Å². The predicted molar refractivity (Wildman–Crippen MR) is 142 cm³/mol. The Hall–Kier alpha value is -3.15. The van der Waals surface area contributed by atoms with Crippen molar-refractivity contribution in [1.29, 1.82) is 0 Å². The lowest BCUT2D eigenvalue weighted by molar-refractivity contribution is 0.148. The average Bonchev–Trinajstić information content (AvgIpc) is 3.32. The molecule has 1 N–H and O–H groups in total. The number of carbonyl (C=O) groups is 1. The van der Waals surface area contributed by atoms with Gasteiger partial charge in [-0.05, 0) is 68.4 Å². The zero-order valence-corrected chi connectivity index (χ0v) is 20.7. The highest BCUT2D eigenvalue weighted by molar-refractivity contribution is 6.14. The van der Waals surface area contributed by atoms with Gasteiger partial charge >= 0.3 is 6.03 Å². The van der Waals surface area contributed by atoms with E-state index in [9.17, 15) is 4.79 Å². The van der Waals surface area contributed by atoms with Gasteiger partial charge in [0.25, 0.3) is 0 Å². The van der Waals surface area contributed by atoms with Crippen LogP contribution in [0.1, 0.15) is 68.1 Å². The molecule has 2 aliphatic carbocycles. The van der Waals surface area contributed by atoms with Crippen molar-refractivity contribution in [2.45, 2.75) is 70.8 Å². The number of hydrogen-bond donors (Lipinski definition) is 1. The van der Waals surface area contributed by atoms with Crippen molar-refractivity contribution in [3.8, 4) is 0 Å². The molecule has 6 rings (SSSR count). The largest absolute Gasteiger partial charge is 0.372 e. The molecular formula is C29H35N5O. The maximum absolute atomic E-state index is 14.2. The summed E-state index contributed by atoms with van der Waals surface area (Å²) in [5.74, 6) is 1.47. The molecule has 0 radical (unpaired) electrons. The second-order valence-corrected chi connectivity index (χ2v) is 10.5. The monoisotopic (exact) mass is 469 g/mol. The maximum atomic E-state index is 14.2. The van der Waals surface area contributed by atoms with E-state index >= 15 is 0 Å². The fourth-order valence-electron chi connectivity index (χ4n) is 5.78. The Labute approximate surface area is 208 Å². The summed E-state index contributed by atoms with van der Waals surface area (Å²) in [7, 11) is 0. The van der Waals surface area contributed by atoms with Gasteiger partial charge in [-0.15, -0.1) is 0 Å². The second kappa shape index (κ2) is 9.48. The number of aryl methyl sites for hydroxylation is 1. The first-order chi connectivity index (χ1) is 17.2. The molecule has 6 heteroatoms. The van der Waals surface area contributed by atoms with Crippen molar-refractivity contribution in [2.75, 3.05) is 18.0 Å². The minimum Gasteiger partial charge on any atom is -0.372 e. The summed E-state index contributed by atoms with van der Waals surface area (Å²) in [6.07, 6.45) is 10.1. The number of urea groups is 1. The van der Waals surface area contributed by atoms with Gasteiger partial charge in [0.15, 0.2) is 0 Å². The van der Waals surface area contributed by atoms with E-state index in [1.165, 1.54) is 31.2 Å². The van der Waals surface area contributed by atoms with Gasteiger partial charge < -0.3 is 5.32 Å². The molecule has 0 saturated heterocycles. The molecule has 2 amide bonds. The van der Waals surface area contributed by atoms with Crippen LogP contribution in [0.4, 0.5) is 16.2 Å². The number of rotatable bonds is 5. The third kappa shape index (κ3) is 4.35. The summed E-state index contributed by atoms with van der Waals surface area (Å²) in [6, 6.07) is 15.1. The number of anilines is 2. The van der Waals surface area contributed by atoms with Gasteiger partial charge in [0, 0.05) is 24.4 Å². The molecule has 2 saturated carbocycles. The lowest BCUT2D eigenvalue weighted by Gasteiger charge is -2.36. The van der Waals surface area contributed by atoms with E-state index < -0.39 is 0 Å². The number of nitrogens with zero attached hydrogens (tertiary/aromatic N) is 4. The van der Waals surface area contributed by atoms with E-state index in [4.69, 9.17) is 5.10 Å². The molecule has 0 bridgehead atoms. The zero-order valence-electron chi connectivity index (χ0n) is 20.7. The smallest absolute Gasteiger partial charge is 0.349 e. The first-order valence-electron chi connectivity index (χ1n) is 13.4. The fraction of sp³-hybridized carbons (Fsp3) is 0.483. The normalized spacial score (nSPS) is 21.1. The lowest BCUT2D eigenvalue weighted by atomic mass is 9.82. The van der Waals surface area contributed by atoms with Crippen molar-refractivity contribution in [3.05, 3.63) is 59.2 Å². The fourth-order valence-corrected chi connectivity index (χ4v) is 5.78. The van der Waals surface area contributed by atoms with E-state index in [1.807, 2.05) is 9.91 Å². The van der Waals surface area contributed by atoms with Gasteiger partial charge in [-0.1, -0.05) is 43.5 Å². The lowest BCUT2D eigenvalue weighted by Crippen LogP contribution is -2.46. The van der Waals surface area contributed by atoms with Crippen molar-refractivity contribution in [1.82, 2.24) is 10.3 Å². The third-order valence-corrected chi connectivity index (χ3v) is 7.99. The number of benzene rings is 2. The van der Waals surface area contributed by atoms with Crippen LogP contribution in [0.15, 0.2) is 52.6 Å². The molecule has 4 aliphatic rings. The van der Waals surface area contributed by atoms with Gasteiger partial charge in [0.05, 0.1) is 29.7 Å². The average molecular weight is 470 g/mol. The van der Waals surface area contributed by atoms with Crippen LogP contribution in [0, 0.1) is 12.8 Å². The summed E-state index contributed by atoms with van der Waals surface area (Å²) >= 11 is 0. The molecule has 182 valence electrons. The summed E-state index contributed by atoms with van der Waals surface area (Å²) in [5, 5.41) is 10.3. The summed E-state index contributed by atoms with van der Waals surface area (Å²) < 4.78 is 0. The summed E-state index contributed by atoms with van der Waals surface area (Å²) in [6.45, 7) is 3.88. The summed E-state index contributed by atoms with van der Waals surface area (Å²) in [4.78, 5) is 20.6. The summed E-state index contributed by atoms with van der Waals surface area (Å²) in [5.41, 5.74) is 6.45. The molecule has 0 atom stereocenters. The number of amidine groups is 1. The number of carbonyl (C=O) groups excluding carboxylic acids is 1. The molecule has 0 spiro atoms. The highest BCUT2D eigenvalue weighted by Gasteiger charge is 2.38. The number of amides is 2. The molecule has 2 heterocycles. The number of fused-ring (bicyclic) bond motifs is 1. The van der Waals surface area contributed by atoms with Crippen molar-refractivity contribution in [3.63, 3.8) is 0 Å². The first kappa shape index (κ1) is 22.3. The Balaban J connectivity index is 1.41. The molecule has 6 nitrogen and oxygen atoms in total. The number of nitrogens with one attached hydrogen (secondary N) is 1. The molecule has 2 aromatic carbocycles. The van der Waals surface area contributed by atoms with E-state index in [0.717, 1.165) is 79.2 Å². The van der Waals surface area contributed by atoms with E-state index in [1.54, 1.807) is 0 Å². The van der Waals surface area contributed by atoms with Crippen LogP contribution in [0.5, 0.6) is 0 Å². The van der Waals surface area contributed by atoms with E-state index in [-0.39, 0.29) is 12.1 Å². The predicted octanol–water partition coefficient (Wildman–Crippen LogP) is 5.95. The molecule has 35 heavy (non-hydrogen) atoms. The van der Waals surface area contributed by atoms with Gasteiger partial charge in [0.1, 0.15) is 5.84 Å². The van der Waals surface area contributed by atoms with Crippen LogP contribution in [-0.2, 0) is 6.42 Å². The van der Waals surface area contributed by atoms with Crippen molar-refractivity contribution >= 4 is 29.0 Å². The Bertz CT molecular complexity index is 1160. The maximum Gasteiger partial charge on any atom is 0.349 e. The van der Waals surface area contributed by atoms with Crippen LogP contribution >= 0.6 is 0 Å². The number of aliphatic imine (C=N–C) groups is 1. The minimum atomic E-state index is -0.0260. The number of hydrogen-bond acceptors (Lipinski definition) is 4. The van der Waals surface area contributed by atoms with Gasteiger partial charge in [-0.25, -0.2) is 9.80 Å². The van der Waals surface area contributed by atoms with Crippen LogP contribution in [0.25, 0.3) is 0 Å². The molecule has 2 aliphatic heterocycles. The van der Waals surface area contributed by atoms with E-state index in [2.05, 4.69) is 59.7 Å². The standard InChI is InChI=1S/C29H35N5O/c1-20-10-15-25-26(18-20)33(23-13-11-21(12-14-23)19-27-30-16-17-31-27)29(35)34(24-8-5-9-24)32-28(25)22-6-3-2-4-7-22/h10-15,18,22,24H,2-9,16-17,19H2,1H3,(H,30,31). The van der Waals surface area contributed by atoms with Crippen LogP contribution in [0.3, 0.4) is 0 Å². The van der Waals surface area contributed by atoms with Gasteiger partial charge in [0.2, 0.25) is 0 Å². The Morgan fingerprint density at radius 1 is 0.971 bits per heavy atom. The molecule has 2 fully saturated rings. The SMILES string of the molecule is Cc1ccc2c(c1)N(c1ccc(CC3=NCCN3)cc1)C(=O)N(C1CCC1)N=C2C1CCCCC1. The minimum absolute atomic E-state index is 0.0260. The van der Waals surface area contributed by atoms with Crippen molar-refractivity contribution in [2.24, 2.45) is 16.0 Å². The number of hydrazone groups is 1. The molecule has 0 aromatic heterocycles. The molecular weight excluding hydrogens is 434 g/mol.